The van der Waals surface area contributed by atoms with Crippen molar-refractivity contribution in [1.29, 1.82) is 0 Å². The number of aliphatic hydroxyl groups excluding tert-OH is 1. The fourth-order valence-corrected chi connectivity index (χ4v) is 5.07. The maximum atomic E-state index is 15.1. The van der Waals surface area contributed by atoms with Crippen molar-refractivity contribution >= 4 is 5.91 Å². The van der Waals surface area contributed by atoms with Gasteiger partial charge in [0.2, 0.25) is 5.79 Å². The van der Waals surface area contributed by atoms with E-state index in [-0.39, 0.29) is 30.8 Å². The molecule has 2 fully saturated rings. The van der Waals surface area contributed by atoms with Gasteiger partial charge in [0.15, 0.2) is 11.6 Å². The lowest BCUT2D eigenvalue weighted by molar-refractivity contribution is -0.232. The molecule has 1 amide bonds. The molecule has 172 valence electrons. The number of hydrogen-bond acceptors (Lipinski definition) is 5. The van der Waals surface area contributed by atoms with E-state index in [1.807, 2.05) is 18.2 Å². The van der Waals surface area contributed by atoms with Crippen molar-refractivity contribution in [2.45, 2.75) is 62.9 Å². The highest BCUT2D eigenvalue weighted by molar-refractivity contribution is 5.96. The average Bonchev–Trinajstić information content (AvgIpc) is 2.78. The Morgan fingerprint density at radius 2 is 2.09 bits per heavy atom. The van der Waals surface area contributed by atoms with Crippen molar-refractivity contribution in [2.24, 2.45) is 0 Å². The monoisotopic (exact) mass is 442 g/mol. The van der Waals surface area contributed by atoms with Crippen LogP contribution in [0.2, 0.25) is 0 Å². The molecule has 7 heteroatoms. The second-order valence-corrected chi connectivity index (χ2v) is 9.25. The molecule has 6 nitrogen and oxygen atoms in total. The van der Waals surface area contributed by atoms with Gasteiger partial charge in [-0.1, -0.05) is 24.6 Å². The Balaban J connectivity index is 1.25. The van der Waals surface area contributed by atoms with Crippen LogP contribution in [0.15, 0.2) is 35.9 Å². The van der Waals surface area contributed by atoms with Crippen molar-refractivity contribution in [2.75, 3.05) is 26.2 Å². The number of halogens is 1. The Morgan fingerprint density at radius 3 is 2.75 bits per heavy atom. The van der Waals surface area contributed by atoms with E-state index in [0.717, 1.165) is 37.1 Å². The number of allylic oxidation sites excluding steroid dienone is 2. The van der Waals surface area contributed by atoms with Crippen LogP contribution >= 0.6 is 0 Å². The van der Waals surface area contributed by atoms with E-state index in [9.17, 15) is 4.79 Å². The summed E-state index contributed by atoms with van der Waals surface area (Å²) in [5.74, 6) is -0.937. The Morgan fingerprint density at radius 1 is 1.28 bits per heavy atom. The first-order valence-electron chi connectivity index (χ1n) is 11.7. The first-order valence-corrected chi connectivity index (χ1v) is 11.7. The van der Waals surface area contributed by atoms with Crippen molar-refractivity contribution < 1.29 is 23.8 Å². The molecule has 1 saturated carbocycles. The number of likely N-dealkylation sites (tertiary alicyclic amines) is 1. The molecule has 0 radical (unpaired) electrons. The Kier molecular flexibility index (Phi) is 6.05. The fourth-order valence-electron chi connectivity index (χ4n) is 5.07. The molecule has 1 atom stereocenters. The van der Waals surface area contributed by atoms with Crippen molar-refractivity contribution in [3.63, 3.8) is 0 Å². The highest BCUT2D eigenvalue weighted by Crippen LogP contribution is 2.42. The van der Waals surface area contributed by atoms with Gasteiger partial charge in [-0.2, -0.15) is 0 Å². The van der Waals surface area contributed by atoms with Gasteiger partial charge in [0.1, 0.15) is 0 Å². The van der Waals surface area contributed by atoms with Gasteiger partial charge in [-0.15, -0.1) is 0 Å². The number of nitrogens with one attached hydrogen (secondary N) is 1. The summed E-state index contributed by atoms with van der Waals surface area (Å²) in [5.41, 5.74) is 2.16. The number of nitrogens with zero attached hydrogens (tertiary/aromatic N) is 1. The van der Waals surface area contributed by atoms with E-state index >= 15 is 4.39 Å². The molecule has 0 aromatic heterocycles. The summed E-state index contributed by atoms with van der Waals surface area (Å²) >= 11 is 0. The van der Waals surface area contributed by atoms with Gasteiger partial charge in [0.05, 0.1) is 13.2 Å². The SMILES string of the molecule is O=C(NCCO)C1=CCC(c2cc(F)c3c(c2)COC2(CCN(C4CCC4)CC2)O3)C=C1. The zero-order valence-corrected chi connectivity index (χ0v) is 18.3. The van der Waals surface area contributed by atoms with E-state index in [1.54, 1.807) is 12.1 Å². The molecule has 2 heterocycles. The molecule has 1 saturated heterocycles. The number of rotatable bonds is 5. The molecule has 5 rings (SSSR count). The second-order valence-electron chi connectivity index (χ2n) is 9.25. The van der Waals surface area contributed by atoms with Crippen LogP contribution in [0.25, 0.3) is 0 Å². The van der Waals surface area contributed by atoms with E-state index in [2.05, 4.69) is 10.2 Å². The predicted octanol–water partition coefficient (Wildman–Crippen LogP) is 3.16. The van der Waals surface area contributed by atoms with Gasteiger partial charge < -0.3 is 19.9 Å². The lowest BCUT2D eigenvalue weighted by atomic mass is 9.88. The minimum atomic E-state index is -0.708. The first-order chi connectivity index (χ1) is 15.6. The zero-order chi connectivity index (χ0) is 22.1. The number of aliphatic hydroxyl groups is 1. The standard InChI is InChI=1S/C25H31FN2O4/c26-22-15-19(17-4-6-18(7-5-17)24(30)27-10-13-29)14-20-16-31-25(32-23(20)22)8-11-28(12-9-25)21-2-1-3-21/h4,6-7,14-15,17,21,29H,1-3,5,8-13,16H2,(H,27,30). The number of carbonyl (C=O) groups excluding carboxylic acids is 1. The quantitative estimate of drug-likeness (QED) is 0.733. The van der Waals surface area contributed by atoms with Crippen molar-refractivity contribution in [3.05, 3.63) is 52.9 Å². The molecular formula is C25H31FN2O4. The summed E-state index contributed by atoms with van der Waals surface area (Å²) in [4.78, 5) is 14.6. The van der Waals surface area contributed by atoms with Crippen LogP contribution < -0.4 is 10.1 Å². The van der Waals surface area contributed by atoms with Gasteiger partial charge in [-0.3, -0.25) is 9.69 Å². The first kappa shape index (κ1) is 21.6. The molecule has 2 aliphatic heterocycles. The van der Waals surface area contributed by atoms with Crippen LogP contribution in [0.4, 0.5) is 4.39 Å². The summed E-state index contributed by atoms with van der Waals surface area (Å²) in [7, 11) is 0. The number of carbonyl (C=O) groups is 1. The third-order valence-corrected chi connectivity index (χ3v) is 7.26. The summed E-state index contributed by atoms with van der Waals surface area (Å²) in [6, 6.07) is 4.23. The third-order valence-electron chi connectivity index (χ3n) is 7.26. The van der Waals surface area contributed by atoms with Gasteiger partial charge in [0, 0.05) is 55.6 Å². The average molecular weight is 443 g/mol. The van der Waals surface area contributed by atoms with Crippen LogP contribution in [0.3, 0.4) is 0 Å². The van der Waals surface area contributed by atoms with Crippen molar-refractivity contribution in [1.82, 2.24) is 10.2 Å². The second kappa shape index (κ2) is 8.96. The lowest BCUT2D eigenvalue weighted by Gasteiger charge is -2.47. The number of benzene rings is 1. The number of ether oxygens (including phenoxy) is 2. The van der Waals surface area contributed by atoms with E-state index in [1.165, 1.54) is 19.3 Å². The molecular weight excluding hydrogens is 411 g/mol. The Labute approximate surface area is 188 Å². The minimum absolute atomic E-state index is 0.00852. The van der Waals surface area contributed by atoms with Crippen LogP contribution in [0.1, 0.15) is 55.6 Å². The lowest BCUT2D eigenvalue weighted by Crippen LogP contribution is -2.54. The van der Waals surface area contributed by atoms with E-state index < -0.39 is 5.79 Å². The summed E-state index contributed by atoms with van der Waals surface area (Å²) in [6.07, 6.45) is 11.6. The largest absolute Gasteiger partial charge is 0.459 e. The third kappa shape index (κ3) is 4.21. The van der Waals surface area contributed by atoms with Gasteiger partial charge in [-0.25, -0.2) is 4.39 Å². The van der Waals surface area contributed by atoms with Gasteiger partial charge in [-0.05, 0) is 37.0 Å². The molecule has 2 N–H and O–H groups in total. The predicted molar refractivity (Wildman–Crippen MR) is 118 cm³/mol. The highest BCUT2D eigenvalue weighted by Gasteiger charge is 2.43. The van der Waals surface area contributed by atoms with Crippen LogP contribution in [-0.2, 0) is 16.1 Å². The number of amides is 1. The van der Waals surface area contributed by atoms with Gasteiger partial charge >= 0.3 is 0 Å². The molecule has 2 aliphatic carbocycles. The van der Waals surface area contributed by atoms with E-state index in [4.69, 9.17) is 14.6 Å². The number of hydrogen-bond donors (Lipinski definition) is 2. The molecule has 1 unspecified atom stereocenters. The summed E-state index contributed by atoms with van der Waals surface area (Å²) in [5, 5.41) is 11.5. The Hall–Kier alpha value is -2.22. The molecule has 1 spiro atoms. The zero-order valence-electron chi connectivity index (χ0n) is 18.3. The number of fused-ring (bicyclic) bond motifs is 1. The van der Waals surface area contributed by atoms with Crippen molar-refractivity contribution in [3.8, 4) is 5.75 Å². The molecule has 4 aliphatic rings. The minimum Gasteiger partial charge on any atom is -0.459 e. The molecule has 0 bridgehead atoms. The normalized spacial score (nSPS) is 24.9. The molecule has 1 aromatic rings. The summed E-state index contributed by atoms with van der Waals surface area (Å²) in [6.45, 7) is 2.36. The maximum Gasteiger partial charge on any atom is 0.251 e. The molecule has 32 heavy (non-hydrogen) atoms. The fraction of sp³-hybridized carbons (Fsp3) is 0.560. The van der Waals surface area contributed by atoms with Gasteiger partial charge in [0.25, 0.3) is 5.91 Å². The summed E-state index contributed by atoms with van der Waals surface area (Å²) < 4.78 is 27.5. The smallest absolute Gasteiger partial charge is 0.251 e. The molecule has 1 aromatic carbocycles. The topological polar surface area (TPSA) is 71.0 Å². The van der Waals surface area contributed by atoms with Crippen LogP contribution in [0, 0.1) is 5.82 Å². The highest BCUT2D eigenvalue weighted by atomic mass is 19.1. The Bertz CT molecular complexity index is 932. The van der Waals surface area contributed by atoms with E-state index in [0.29, 0.717) is 30.4 Å². The maximum absolute atomic E-state index is 15.1. The van der Waals surface area contributed by atoms with Crippen LogP contribution in [0.5, 0.6) is 5.75 Å². The number of piperidine rings is 1. The van der Waals surface area contributed by atoms with Crippen LogP contribution in [-0.4, -0.2) is 54.0 Å².